The molecular weight excluding hydrogens is 196 g/mol. The van der Waals surface area contributed by atoms with Crippen molar-refractivity contribution in [3.8, 4) is 0 Å². The Labute approximate surface area is 78.5 Å². The molecule has 0 saturated carbocycles. The number of aliphatic hydroxyl groups is 1. The van der Waals surface area contributed by atoms with Crippen LogP contribution in [0.4, 0.5) is 0 Å². The molecule has 0 bridgehead atoms. The van der Waals surface area contributed by atoms with E-state index in [1.807, 2.05) is 6.92 Å². The fourth-order valence-electron chi connectivity index (χ4n) is 0.525. The molecule has 5 heteroatoms. The smallest absolute Gasteiger partial charge is 0.148 e. The summed E-state index contributed by atoms with van der Waals surface area (Å²) in [4.78, 5) is 0. The molecule has 0 spiro atoms. The summed E-state index contributed by atoms with van der Waals surface area (Å²) < 4.78 is 21.4. The summed E-state index contributed by atoms with van der Waals surface area (Å²) in [6, 6.07) is 0. The van der Waals surface area contributed by atoms with E-state index in [0.717, 1.165) is 0 Å². The Morgan fingerprint density at radius 2 is 1.92 bits per heavy atom. The van der Waals surface area contributed by atoms with Crippen LogP contribution in [0.5, 0.6) is 0 Å². The standard InChI is InChI=1S/C7H16O3S2/c1-6(8)7(2)11-4-5-12(3,9)10/h6-8H,4-5H2,1-3H3. The molecule has 0 aliphatic heterocycles. The van der Waals surface area contributed by atoms with Gasteiger partial charge in [-0.15, -0.1) is 0 Å². The largest absolute Gasteiger partial charge is 0.392 e. The van der Waals surface area contributed by atoms with Crippen LogP contribution in [0.1, 0.15) is 13.8 Å². The lowest BCUT2D eigenvalue weighted by Crippen LogP contribution is -2.17. The van der Waals surface area contributed by atoms with E-state index in [0.29, 0.717) is 5.75 Å². The van der Waals surface area contributed by atoms with Crippen molar-refractivity contribution in [1.29, 1.82) is 0 Å². The summed E-state index contributed by atoms with van der Waals surface area (Å²) in [5, 5.41) is 9.18. The van der Waals surface area contributed by atoms with Gasteiger partial charge in [-0.2, -0.15) is 11.8 Å². The van der Waals surface area contributed by atoms with Gasteiger partial charge < -0.3 is 5.11 Å². The minimum atomic E-state index is -2.85. The maximum absolute atomic E-state index is 10.7. The third-order valence-electron chi connectivity index (χ3n) is 1.51. The van der Waals surface area contributed by atoms with Gasteiger partial charge in [0, 0.05) is 17.3 Å². The predicted molar refractivity (Wildman–Crippen MR) is 53.3 cm³/mol. The van der Waals surface area contributed by atoms with Gasteiger partial charge in [0.1, 0.15) is 9.84 Å². The Balaban J connectivity index is 3.58. The summed E-state index contributed by atoms with van der Waals surface area (Å²) in [5.41, 5.74) is 0. The molecule has 0 aromatic carbocycles. The number of hydrogen-bond donors (Lipinski definition) is 1. The Morgan fingerprint density at radius 3 is 2.25 bits per heavy atom. The summed E-state index contributed by atoms with van der Waals surface area (Å²) >= 11 is 1.48. The molecule has 2 unspecified atom stereocenters. The molecule has 0 fully saturated rings. The van der Waals surface area contributed by atoms with Crippen LogP contribution >= 0.6 is 11.8 Å². The zero-order valence-corrected chi connectivity index (χ0v) is 9.28. The second-order valence-corrected chi connectivity index (χ2v) is 6.69. The van der Waals surface area contributed by atoms with E-state index in [1.54, 1.807) is 6.92 Å². The average Bonchev–Trinajstić information content (AvgIpc) is 1.84. The first-order valence-corrected chi connectivity index (χ1v) is 6.91. The van der Waals surface area contributed by atoms with Gasteiger partial charge in [0.2, 0.25) is 0 Å². The Kier molecular flexibility index (Phi) is 5.20. The van der Waals surface area contributed by atoms with Gasteiger partial charge in [-0.25, -0.2) is 8.42 Å². The lowest BCUT2D eigenvalue weighted by molar-refractivity contribution is 0.196. The van der Waals surface area contributed by atoms with E-state index in [-0.39, 0.29) is 17.1 Å². The van der Waals surface area contributed by atoms with E-state index in [1.165, 1.54) is 18.0 Å². The van der Waals surface area contributed by atoms with Gasteiger partial charge in [0.15, 0.2) is 0 Å². The van der Waals surface area contributed by atoms with Gasteiger partial charge in [0.25, 0.3) is 0 Å². The second kappa shape index (κ2) is 5.09. The first kappa shape index (κ1) is 12.3. The van der Waals surface area contributed by atoms with Crippen LogP contribution in [0.3, 0.4) is 0 Å². The Morgan fingerprint density at radius 1 is 1.42 bits per heavy atom. The quantitative estimate of drug-likeness (QED) is 0.722. The minimum Gasteiger partial charge on any atom is -0.392 e. The van der Waals surface area contributed by atoms with Crippen LogP contribution in [0, 0.1) is 0 Å². The van der Waals surface area contributed by atoms with Crippen molar-refractivity contribution >= 4 is 21.6 Å². The maximum Gasteiger partial charge on any atom is 0.148 e. The molecule has 0 rings (SSSR count). The maximum atomic E-state index is 10.7. The summed E-state index contributed by atoms with van der Waals surface area (Å²) in [6.07, 6.45) is 0.843. The third kappa shape index (κ3) is 6.94. The number of sulfone groups is 1. The summed E-state index contributed by atoms with van der Waals surface area (Å²) in [7, 11) is -2.85. The average molecular weight is 212 g/mol. The van der Waals surface area contributed by atoms with E-state index >= 15 is 0 Å². The molecule has 1 N–H and O–H groups in total. The monoisotopic (exact) mass is 212 g/mol. The molecule has 0 aromatic rings. The van der Waals surface area contributed by atoms with Crippen molar-refractivity contribution in [1.82, 2.24) is 0 Å². The minimum absolute atomic E-state index is 0.103. The number of rotatable bonds is 5. The molecule has 0 radical (unpaired) electrons. The lowest BCUT2D eigenvalue weighted by Gasteiger charge is -2.12. The van der Waals surface area contributed by atoms with Crippen LogP contribution in [-0.2, 0) is 9.84 Å². The number of aliphatic hydroxyl groups excluding tert-OH is 1. The van der Waals surface area contributed by atoms with Gasteiger partial charge in [-0.3, -0.25) is 0 Å². The zero-order chi connectivity index (χ0) is 9.78. The highest BCUT2D eigenvalue weighted by molar-refractivity contribution is 8.01. The predicted octanol–water partition coefficient (Wildman–Crippen LogP) is 0.533. The van der Waals surface area contributed by atoms with Gasteiger partial charge >= 0.3 is 0 Å². The molecule has 0 aliphatic rings. The van der Waals surface area contributed by atoms with E-state index < -0.39 is 9.84 Å². The summed E-state index contributed by atoms with van der Waals surface area (Å²) in [5.74, 6) is 0.750. The van der Waals surface area contributed by atoms with Crippen molar-refractivity contribution in [3.05, 3.63) is 0 Å². The topological polar surface area (TPSA) is 54.4 Å². The van der Waals surface area contributed by atoms with Crippen molar-refractivity contribution in [2.45, 2.75) is 25.2 Å². The molecule has 3 nitrogen and oxygen atoms in total. The molecule has 0 aromatic heterocycles. The van der Waals surface area contributed by atoms with Crippen molar-refractivity contribution in [2.24, 2.45) is 0 Å². The number of thioether (sulfide) groups is 1. The second-order valence-electron chi connectivity index (χ2n) is 2.95. The molecule has 0 amide bonds. The molecule has 0 aliphatic carbocycles. The zero-order valence-electron chi connectivity index (χ0n) is 7.65. The highest BCUT2D eigenvalue weighted by Gasteiger charge is 2.10. The van der Waals surface area contributed by atoms with Crippen LogP contribution < -0.4 is 0 Å². The van der Waals surface area contributed by atoms with Crippen molar-refractivity contribution in [2.75, 3.05) is 17.8 Å². The van der Waals surface area contributed by atoms with Crippen LogP contribution in [0.25, 0.3) is 0 Å². The van der Waals surface area contributed by atoms with E-state index in [4.69, 9.17) is 5.11 Å². The van der Waals surface area contributed by atoms with Crippen LogP contribution in [-0.4, -0.2) is 42.6 Å². The van der Waals surface area contributed by atoms with Crippen molar-refractivity contribution in [3.63, 3.8) is 0 Å². The Hall–Kier alpha value is 0.260. The molecule has 0 saturated heterocycles. The highest BCUT2D eigenvalue weighted by Crippen LogP contribution is 2.13. The third-order valence-corrected chi connectivity index (χ3v) is 4.08. The van der Waals surface area contributed by atoms with E-state index in [2.05, 4.69) is 0 Å². The number of hydrogen-bond acceptors (Lipinski definition) is 4. The SMILES string of the molecule is CC(O)C(C)SCCS(C)(=O)=O. The highest BCUT2D eigenvalue weighted by atomic mass is 32.2. The van der Waals surface area contributed by atoms with Gasteiger partial charge in [-0.1, -0.05) is 6.92 Å². The Bertz CT molecular complexity index is 209. The normalized spacial score (nSPS) is 17.3. The van der Waals surface area contributed by atoms with Crippen LogP contribution in [0.2, 0.25) is 0 Å². The van der Waals surface area contributed by atoms with E-state index in [9.17, 15) is 8.42 Å². The fourth-order valence-corrected chi connectivity index (χ4v) is 2.77. The summed E-state index contributed by atoms with van der Waals surface area (Å²) in [6.45, 7) is 3.59. The van der Waals surface area contributed by atoms with Gasteiger partial charge in [0.05, 0.1) is 11.9 Å². The molecule has 0 heterocycles. The molecule has 12 heavy (non-hydrogen) atoms. The first-order valence-electron chi connectivity index (χ1n) is 3.80. The molecule has 2 atom stereocenters. The first-order chi connectivity index (χ1) is 5.33. The molecular formula is C7H16O3S2. The lowest BCUT2D eigenvalue weighted by atomic mass is 10.3. The fraction of sp³-hybridized carbons (Fsp3) is 1.00. The van der Waals surface area contributed by atoms with Crippen LogP contribution in [0.15, 0.2) is 0 Å². The van der Waals surface area contributed by atoms with Crippen molar-refractivity contribution < 1.29 is 13.5 Å². The van der Waals surface area contributed by atoms with Gasteiger partial charge in [-0.05, 0) is 6.92 Å². The molecule has 74 valence electrons.